The smallest absolute Gasteiger partial charge is 0.195 e. The summed E-state index contributed by atoms with van der Waals surface area (Å²) in [6.07, 6.45) is 1.65. The van der Waals surface area contributed by atoms with Crippen LogP contribution in [-0.4, -0.2) is 12.9 Å². The number of halogens is 4. The molecule has 2 nitrogen and oxygen atoms in total. The summed E-state index contributed by atoms with van der Waals surface area (Å²) in [6.45, 7) is 0. The van der Waals surface area contributed by atoms with E-state index in [1.165, 1.54) is 31.0 Å². The quantitative estimate of drug-likeness (QED) is 0.252. The van der Waals surface area contributed by atoms with Gasteiger partial charge in [0.15, 0.2) is 23.2 Å². The van der Waals surface area contributed by atoms with Gasteiger partial charge in [-0.1, -0.05) is 36.4 Å². The van der Waals surface area contributed by atoms with Crippen molar-refractivity contribution in [2.75, 3.05) is 7.11 Å². The Hall–Kier alpha value is -3.06. The van der Waals surface area contributed by atoms with Crippen LogP contribution in [0.2, 0.25) is 0 Å². The number of carbonyl (C=O) groups excluding carboxylic acids is 1. The molecule has 0 saturated heterocycles. The number of hydrogen-bond donors (Lipinski definition) is 0. The van der Waals surface area contributed by atoms with Gasteiger partial charge in [0.25, 0.3) is 0 Å². The van der Waals surface area contributed by atoms with E-state index in [9.17, 15) is 22.4 Å². The van der Waals surface area contributed by atoms with E-state index in [-0.39, 0.29) is 10.8 Å². The van der Waals surface area contributed by atoms with E-state index in [4.69, 9.17) is 4.74 Å². The number of para-hydroxylation sites is 1. The fraction of sp³-hybridized carbons (Fsp3) is 0.125. The van der Waals surface area contributed by atoms with Crippen molar-refractivity contribution in [3.8, 4) is 5.75 Å². The van der Waals surface area contributed by atoms with Crippen LogP contribution < -0.4 is 4.74 Å². The third kappa shape index (κ3) is 3.97. The first-order valence-electron chi connectivity index (χ1n) is 9.34. The molecule has 3 aromatic rings. The van der Waals surface area contributed by atoms with Crippen LogP contribution in [0.25, 0.3) is 0 Å². The predicted octanol–water partition coefficient (Wildman–Crippen LogP) is 6.59. The highest BCUT2D eigenvalue weighted by atomic mass is 32.2. The lowest BCUT2D eigenvalue weighted by atomic mass is 9.94. The molecule has 0 aliphatic carbocycles. The lowest BCUT2D eigenvalue weighted by molar-refractivity contribution is 0.102. The maximum absolute atomic E-state index is 14.4. The number of thioether (sulfide) groups is 1. The van der Waals surface area contributed by atoms with Gasteiger partial charge < -0.3 is 4.74 Å². The van der Waals surface area contributed by atoms with Crippen LogP contribution in [0.15, 0.2) is 72.3 Å². The molecule has 7 heteroatoms. The second kappa shape index (κ2) is 8.59. The van der Waals surface area contributed by atoms with Gasteiger partial charge in [-0.05, 0) is 35.9 Å². The lowest BCUT2D eigenvalue weighted by Crippen LogP contribution is -2.12. The Morgan fingerprint density at radius 3 is 2.32 bits per heavy atom. The van der Waals surface area contributed by atoms with E-state index in [0.29, 0.717) is 11.3 Å². The van der Waals surface area contributed by atoms with E-state index in [1.54, 1.807) is 42.5 Å². The van der Waals surface area contributed by atoms with Crippen LogP contribution in [0.1, 0.15) is 32.0 Å². The highest BCUT2D eigenvalue weighted by Gasteiger charge is 2.36. The molecule has 1 heterocycles. The number of ether oxygens (including phenoxy) is 1. The molecule has 0 radical (unpaired) electrons. The maximum atomic E-state index is 14.4. The summed E-state index contributed by atoms with van der Waals surface area (Å²) in [5, 5.41) is -0.881. The van der Waals surface area contributed by atoms with Crippen LogP contribution >= 0.6 is 11.8 Å². The second-order valence-corrected chi connectivity index (χ2v) is 8.16. The Morgan fingerprint density at radius 2 is 1.61 bits per heavy atom. The molecular formula is C24H16F4O2S. The van der Waals surface area contributed by atoms with Crippen molar-refractivity contribution >= 4 is 17.5 Å². The van der Waals surface area contributed by atoms with Crippen molar-refractivity contribution in [1.29, 1.82) is 0 Å². The number of ketones is 1. The molecule has 2 unspecified atom stereocenters. The van der Waals surface area contributed by atoms with Crippen molar-refractivity contribution in [3.63, 3.8) is 0 Å². The van der Waals surface area contributed by atoms with Gasteiger partial charge in [0.05, 0.1) is 17.9 Å². The third-order valence-electron chi connectivity index (χ3n) is 5.06. The number of rotatable bonds is 5. The summed E-state index contributed by atoms with van der Waals surface area (Å²) in [5.41, 5.74) is 1.10. The summed E-state index contributed by atoms with van der Waals surface area (Å²) in [4.78, 5) is 13.2. The van der Waals surface area contributed by atoms with E-state index < -0.39 is 39.9 Å². The number of methoxy groups -OCH3 is 1. The summed E-state index contributed by atoms with van der Waals surface area (Å²) < 4.78 is 60.3. The van der Waals surface area contributed by atoms with Gasteiger partial charge in [0.2, 0.25) is 0 Å². The predicted molar refractivity (Wildman–Crippen MR) is 111 cm³/mol. The summed E-state index contributed by atoms with van der Waals surface area (Å²) in [6, 6.07) is 14.6. The van der Waals surface area contributed by atoms with Crippen molar-refractivity contribution in [2.45, 2.75) is 10.5 Å². The Labute approximate surface area is 180 Å². The molecule has 0 aromatic heterocycles. The monoisotopic (exact) mass is 444 g/mol. The van der Waals surface area contributed by atoms with Crippen LogP contribution in [0.5, 0.6) is 5.75 Å². The number of hydrogen-bond acceptors (Lipinski definition) is 3. The van der Waals surface area contributed by atoms with Gasteiger partial charge in [0, 0.05) is 16.4 Å². The molecule has 1 aliphatic heterocycles. The molecule has 158 valence electrons. The highest BCUT2D eigenvalue weighted by Crippen LogP contribution is 2.54. The first-order chi connectivity index (χ1) is 14.9. The van der Waals surface area contributed by atoms with E-state index >= 15 is 0 Å². The normalized spacial score (nSPS) is 18.0. The molecule has 0 bridgehead atoms. The lowest BCUT2D eigenvalue weighted by Gasteiger charge is -2.18. The molecule has 0 spiro atoms. The minimum Gasteiger partial charge on any atom is -0.496 e. The SMILES string of the molecule is COc1ccccc1C1SC(c2ccc(F)cc2)C=C1C(=O)c1ccc(F)c(F)c1F. The van der Waals surface area contributed by atoms with E-state index in [0.717, 1.165) is 17.7 Å². The highest BCUT2D eigenvalue weighted by molar-refractivity contribution is 8.00. The molecule has 31 heavy (non-hydrogen) atoms. The van der Waals surface area contributed by atoms with E-state index in [2.05, 4.69) is 0 Å². The summed E-state index contributed by atoms with van der Waals surface area (Å²) in [5.74, 6) is -5.19. The van der Waals surface area contributed by atoms with Crippen molar-refractivity contribution in [2.24, 2.45) is 0 Å². The van der Waals surface area contributed by atoms with Gasteiger partial charge in [-0.15, -0.1) is 11.8 Å². The molecule has 0 fully saturated rings. The zero-order valence-electron chi connectivity index (χ0n) is 16.2. The van der Waals surface area contributed by atoms with Crippen LogP contribution in [0.4, 0.5) is 17.6 Å². The van der Waals surface area contributed by atoms with Gasteiger partial charge in [0.1, 0.15) is 11.6 Å². The minimum atomic E-state index is -1.69. The standard InChI is InChI=1S/C24H16F4O2S/c1-30-19-5-3-2-4-15(19)24-17(12-20(31-24)13-6-8-14(25)9-7-13)23(29)16-10-11-18(26)22(28)21(16)27/h2-12,20,24H,1H3. The molecule has 1 aliphatic rings. The number of carbonyl (C=O) groups is 1. The Balaban J connectivity index is 1.81. The number of Topliss-reactive ketones (excluding diaryl/α,β-unsaturated/α-hetero) is 1. The Morgan fingerprint density at radius 1 is 0.903 bits per heavy atom. The van der Waals surface area contributed by atoms with Crippen LogP contribution in [0.3, 0.4) is 0 Å². The maximum Gasteiger partial charge on any atom is 0.195 e. The largest absolute Gasteiger partial charge is 0.496 e. The average molecular weight is 444 g/mol. The van der Waals surface area contributed by atoms with Gasteiger partial charge >= 0.3 is 0 Å². The first-order valence-corrected chi connectivity index (χ1v) is 10.3. The van der Waals surface area contributed by atoms with Gasteiger partial charge in [-0.3, -0.25) is 4.79 Å². The molecule has 4 rings (SSSR count). The zero-order chi connectivity index (χ0) is 22.1. The fourth-order valence-electron chi connectivity index (χ4n) is 3.51. The molecule has 0 saturated carbocycles. The Kier molecular flexibility index (Phi) is 5.87. The zero-order valence-corrected chi connectivity index (χ0v) is 17.1. The fourth-order valence-corrected chi connectivity index (χ4v) is 5.02. The van der Waals surface area contributed by atoms with E-state index in [1.807, 2.05) is 0 Å². The summed E-state index contributed by atoms with van der Waals surface area (Å²) >= 11 is 1.39. The Bertz CT molecular complexity index is 1170. The molecular weight excluding hydrogens is 428 g/mol. The van der Waals surface area contributed by atoms with Crippen molar-refractivity contribution < 1.29 is 27.1 Å². The third-order valence-corrected chi connectivity index (χ3v) is 6.54. The molecule has 0 amide bonds. The van der Waals surface area contributed by atoms with Crippen molar-refractivity contribution in [3.05, 3.63) is 112 Å². The van der Waals surface area contributed by atoms with Gasteiger partial charge in [-0.2, -0.15) is 0 Å². The number of benzene rings is 3. The second-order valence-electron chi connectivity index (χ2n) is 6.90. The molecule has 0 N–H and O–H groups in total. The minimum absolute atomic E-state index is 0.216. The van der Waals surface area contributed by atoms with Crippen LogP contribution in [-0.2, 0) is 0 Å². The topological polar surface area (TPSA) is 26.3 Å². The average Bonchev–Trinajstić information content (AvgIpc) is 3.23. The van der Waals surface area contributed by atoms with Crippen molar-refractivity contribution in [1.82, 2.24) is 0 Å². The molecule has 3 aromatic carbocycles. The molecule has 2 atom stereocenters. The summed E-state index contributed by atoms with van der Waals surface area (Å²) in [7, 11) is 1.50. The van der Waals surface area contributed by atoms with Crippen LogP contribution in [0, 0.1) is 23.3 Å². The van der Waals surface area contributed by atoms with Gasteiger partial charge in [-0.25, -0.2) is 17.6 Å². The first kappa shape index (κ1) is 21.2.